The lowest BCUT2D eigenvalue weighted by Gasteiger charge is -2.11. The van der Waals surface area contributed by atoms with E-state index in [2.05, 4.69) is 4.72 Å². The second-order valence-electron chi connectivity index (χ2n) is 4.48. The van der Waals surface area contributed by atoms with E-state index in [4.69, 9.17) is 10.5 Å². The number of anilines is 2. The van der Waals surface area contributed by atoms with E-state index in [-0.39, 0.29) is 16.3 Å². The van der Waals surface area contributed by atoms with Crippen LogP contribution in [0.5, 0.6) is 5.75 Å². The zero-order chi connectivity index (χ0) is 15.6. The van der Waals surface area contributed by atoms with Gasteiger partial charge in [0.15, 0.2) is 0 Å². The minimum Gasteiger partial charge on any atom is -0.496 e. The van der Waals surface area contributed by atoms with Gasteiger partial charge in [-0.3, -0.25) is 4.72 Å². The Labute approximate surface area is 122 Å². The van der Waals surface area contributed by atoms with Crippen molar-refractivity contribution in [2.75, 3.05) is 17.6 Å². The summed E-state index contributed by atoms with van der Waals surface area (Å²) in [5.74, 6) is -0.123. The van der Waals surface area contributed by atoms with Gasteiger partial charge in [-0.1, -0.05) is 0 Å². The molecule has 0 aliphatic heterocycles. The van der Waals surface area contributed by atoms with E-state index < -0.39 is 15.8 Å². The Kier molecular flexibility index (Phi) is 4.04. The van der Waals surface area contributed by atoms with Crippen molar-refractivity contribution in [3.8, 4) is 5.75 Å². The average molecular weight is 310 g/mol. The number of methoxy groups -OCH3 is 1. The highest BCUT2D eigenvalue weighted by Gasteiger charge is 2.17. The number of benzene rings is 2. The third kappa shape index (κ3) is 3.25. The summed E-state index contributed by atoms with van der Waals surface area (Å²) in [6.07, 6.45) is 0. The molecule has 0 radical (unpaired) electrons. The molecule has 0 saturated carbocycles. The van der Waals surface area contributed by atoms with E-state index in [1.54, 1.807) is 13.0 Å². The fourth-order valence-electron chi connectivity index (χ4n) is 1.84. The summed E-state index contributed by atoms with van der Waals surface area (Å²) in [6.45, 7) is 1.72. The zero-order valence-electron chi connectivity index (χ0n) is 11.6. The number of nitrogens with one attached hydrogen (secondary N) is 1. The van der Waals surface area contributed by atoms with Gasteiger partial charge in [0.25, 0.3) is 10.0 Å². The van der Waals surface area contributed by atoms with Gasteiger partial charge in [0.05, 0.1) is 17.7 Å². The minimum atomic E-state index is -3.90. The van der Waals surface area contributed by atoms with Crippen LogP contribution in [0, 0.1) is 12.7 Å². The van der Waals surface area contributed by atoms with Crippen LogP contribution < -0.4 is 15.2 Å². The van der Waals surface area contributed by atoms with Crippen molar-refractivity contribution in [2.45, 2.75) is 11.8 Å². The van der Waals surface area contributed by atoms with Crippen molar-refractivity contribution < 1.29 is 17.5 Å². The van der Waals surface area contributed by atoms with Crippen molar-refractivity contribution in [2.24, 2.45) is 0 Å². The molecule has 0 saturated heterocycles. The van der Waals surface area contributed by atoms with Gasteiger partial charge in [0.1, 0.15) is 11.6 Å². The first kappa shape index (κ1) is 15.1. The average Bonchev–Trinajstić information content (AvgIpc) is 2.42. The third-order valence-electron chi connectivity index (χ3n) is 2.91. The molecule has 0 unspecified atom stereocenters. The molecular weight excluding hydrogens is 295 g/mol. The monoisotopic (exact) mass is 310 g/mol. The zero-order valence-corrected chi connectivity index (χ0v) is 12.4. The van der Waals surface area contributed by atoms with Gasteiger partial charge in [-0.15, -0.1) is 0 Å². The van der Waals surface area contributed by atoms with Crippen LogP contribution in [0.1, 0.15) is 5.56 Å². The molecule has 0 aliphatic carbocycles. The van der Waals surface area contributed by atoms with Crippen LogP contribution in [0.15, 0.2) is 41.3 Å². The Balaban J connectivity index is 2.38. The van der Waals surface area contributed by atoms with Crippen LogP contribution in [0.25, 0.3) is 0 Å². The third-order valence-corrected chi connectivity index (χ3v) is 4.27. The Morgan fingerprint density at radius 2 is 1.90 bits per heavy atom. The lowest BCUT2D eigenvalue weighted by Crippen LogP contribution is -2.14. The van der Waals surface area contributed by atoms with Gasteiger partial charge < -0.3 is 10.5 Å². The van der Waals surface area contributed by atoms with Crippen molar-refractivity contribution >= 4 is 21.4 Å². The molecular formula is C14H15FN2O3S. The number of halogens is 1. The Hall–Kier alpha value is -2.28. The first-order valence-corrected chi connectivity index (χ1v) is 7.54. The standard InChI is InChI=1S/C14H15FN2O3S/c1-9-7-11(4-6-14(9)20-2)21(18,19)17-13-8-10(16)3-5-12(13)15/h3-8,17H,16H2,1-2H3. The predicted octanol–water partition coefficient (Wildman–Crippen LogP) is 2.53. The number of rotatable bonds is 4. The summed E-state index contributed by atoms with van der Waals surface area (Å²) < 4.78 is 45.4. The number of hydrogen-bond donors (Lipinski definition) is 2. The van der Waals surface area contributed by atoms with Crippen molar-refractivity contribution in [3.05, 3.63) is 47.8 Å². The van der Waals surface area contributed by atoms with Crippen LogP contribution in [-0.2, 0) is 10.0 Å². The Morgan fingerprint density at radius 1 is 1.19 bits per heavy atom. The number of nitrogens with two attached hydrogens (primary N) is 1. The normalized spacial score (nSPS) is 11.2. The quantitative estimate of drug-likeness (QED) is 0.850. The number of ether oxygens (including phenoxy) is 1. The fraction of sp³-hybridized carbons (Fsp3) is 0.143. The van der Waals surface area contributed by atoms with E-state index >= 15 is 0 Å². The molecule has 21 heavy (non-hydrogen) atoms. The molecule has 2 aromatic rings. The van der Waals surface area contributed by atoms with E-state index in [0.29, 0.717) is 11.3 Å². The molecule has 2 aromatic carbocycles. The van der Waals surface area contributed by atoms with Gasteiger partial charge in [-0.05, 0) is 48.9 Å². The van der Waals surface area contributed by atoms with Gasteiger partial charge in [-0.25, -0.2) is 12.8 Å². The highest BCUT2D eigenvalue weighted by atomic mass is 32.2. The van der Waals surface area contributed by atoms with Crippen LogP contribution in [0.4, 0.5) is 15.8 Å². The highest BCUT2D eigenvalue weighted by Crippen LogP contribution is 2.25. The maximum absolute atomic E-state index is 13.6. The molecule has 5 nitrogen and oxygen atoms in total. The first-order chi connectivity index (χ1) is 9.83. The van der Waals surface area contributed by atoms with Gasteiger partial charge in [0.2, 0.25) is 0 Å². The molecule has 112 valence electrons. The molecule has 3 N–H and O–H groups in total. The fourth-order valence-corrected chi connectivity index (χ4v) is 2.99. The molecule has 0 atom stereocenters. The largest absolute Gasteiger partial charge is 0.496 e. The smallest absolute Gasteiger partial charge is 0.262 e. The van der Waals surface area contributed by atoms with Crippen LogP contribution >= 0.6 is 0 Å². The number of nitrogen functional groups attached to an aromatic ring is 1. The maximum atomic E-state index is 13.6. The Morgan fingerprint density at radius 3 is 2.52 bits per heavy atom. The molecule has 0 fully saturated rings. The van der Waals surface area contributed by atoms with Gasteiger partial charge in [0, 0.05) is 5.69 Å². The Bertz CT molecular complexity index is 776. The molecule has 0 aliphatic rings. The topological polar surface area (TPSA) is 81.4 Å². The molecule has 2 rings (SSSR count). The molecule has 0 aromatic heterocycles. The van der Waals surface area contributed by atoms with Crippen molar-refractivity contribution in [1.82, 2.24) is 0 Å². The van der Waals surface area contributed by atoms with Crippen molar-refractivity contribution in [1.29, 1.82) is 0 Å². The second kappa shape index (κ2) is 5.61. The predicted molar refractivity (Wildman–Crippen MR) is 79.4 cm³/mol. The van der Waals surface area contributed by atoms with E-state index in [0.717, 1.165) is 6.07 Å². The molecule has 0 spiro atoms. The molecule has 0 amide bonds. The van der Waals surface area contributed by atoms with Gasteiger partial charge in [-0.2, -0.15) is 0 Å². The molecule has 7 heteroatoms. The summed E-state index contributed by atoms with van der Waals surface area (Å²) in [5, 5.41) is 0. The molecule has 0 bridgehead atoms. The van der Waals surface area contributed by atoms with Crippen LogP contribution in [-0.4, -0.2) is 15.5 Å². The number of aryl methyl sites for hydroxylation is 1. The van der Waals surface area contributed by atoms with Crippen molar-refractivity contribution in [3.63, 3.8) is 0 Å². The molecule has 0 heterocycles. The SMILES string of the molecule is COc1ccc(S(=O)(=O)Nc2cc(N)ccc2F)cc1C. The maximum Gasteiger partial charge on any atom is 0.262 e. The van der Waals surface area contributed by atoms with Crippen LogP contribution in [0.3, 0.4) is 0 Å². The van der Waals surface area contributed by atoms with Gasteiger partial charge >= 0.3 is 0 Å². The lowest BCUT2D eigenvalue weighted by molar-refractivity contribution is 0.411. The number of sulfonamides is 1. The highest BCUT2D eigenvalue weighted by molar-refractivity contribution is 7.92. The summed E-state index contributed by atoms with van der Waals surface area (Å²) in [6, 6.07) is 8.06. The minimum absolute atomic E-state index is 0.0163. The second-order valence-corrected chi connectivity index (χ2v) is 6.16. The lowest BCUT2D eigenvalue weighted by atomic mass is 10.2. The number of hydrogen-bond acceptors (Lipinski definition) is 4. The summed E-state index contributed by atoms with van der Waals surface area (Å²) in [7, 11) is -2.40. The van der Waals surface area contributed by atoms with E-state index in [1.165, 1.54) is 31.4 Å². The van der Waals surface area contributed by atoms with E-state index in [1.807, 2.05) is 0 Å². The van der Waals surface area contributed by atoms with Crippen LogP contribution in [0.2, 0.25) is 0 Å². The first-order valence-electron chi connectivity index (χ1n) is 6.06. The van der Waals surface area contributed by atoms with E-state index in [9.17, 15) is 12.8 Å². The summed E-state index contributed by atoms with van der Waals surface area (Å²) in [5.41, 5.74) is 6.26. The summed E-state index contributed by atoms with van der Waals surface area (Å²) >= 11 is 0. The summed E-state index contributed by atoms with van der Waals surface area (Å²) in [4.78, 5) is 0.0163.